The van der Waals surface area contributed by atoms with Gasteiger partial charge in [0.1, 0.15) is 5.69 Å². The summed E-state index contributed by atoms with van der Waals surface area (Å²) in [7, 11) is 0. The average molecular weight is 802 g/mol. The van der Waals surface area contributed by atoms with Crippen LogP contribution in [0.25, 0.3) is 126 Å². The van der Waals surface area contributed by atoms with E-state index >= 15 is 0 Å². The van der Waals surface area contributed by atoms with Gasteiger partial charge in [-0.1, -0.05) is 146 Å². The van der Waals surface area contributed by atoms with Crippen LogP contribution in [0.4, 0.5) is 0 Å². The Kier molecular flexibility index (Phi) is 7.05. The average Bonchev–Trinajstić information content (AvgIpc) is 3.99. The van der Waals surface area contributed by atoms with Crippen LogP contribution < -0.4 is 0 Å². The first-order valence-electron chi connectivity index (χ1n) is 21.5. The summed E-state index contributed by atoms with van der Waals surface area (Å²) in [5, 5.41) is 12.2. The Labute approximate surface area is 360 Å². The molecule has 14 rings (SSSR count). The van der Waals surface area contributed by atoms with Gasteiger partial charge in [-0.2, -0.15) is 0 Å². The maximum absolute atomic E-state index is 5.59. The molecule has 63 heavy (non-hydrogen) atoms. The predicted octanol–water partition coefficient (Wildman–Crippen LogP) is 14.9. The molecule has 0 fully saturated rings. The number of para-hydroxylation sites is 5. The van der Waals surface area contributed by atoms with Crippen molar-refractivity contribution in [3.8, 4) is 28.5 Å². The molecule has 0 saturated heterocycles. The van der Waals surface area contributed by atoms with Gasteiger partial charge in [0.2, 0.25) is 0 Å². The topological polar surface area (TPSA) is 40.6 Å². The summed E-state index contributed by atoms with van der Waals surface area (Å²) < 4.78 is 7.17. The molecule has 0 unspecified atom stereocenters. The van der Waals surface area contributed by atoms with Crippen molar-refractivity contribution in [2.24, 2.45) is 0 Å². The molecule has 0 amide bonds. The van der Waals surface area contributed by atoms with E-state index in [1.165, 1.54) is 65.0 Å². The minimum absolute atomic E-state index is 0.788. The second kappa shape index (κ2) is 13.0. The van der Waals surface area contributed by atoms with Gasteiger partial charge in [-0.3, -0.25) is 4.57 Å². The third-order valence-corrected chi connectivity index (χ3v) is 13.2. The van der Waals surface area contributed by atoms with Crippen LogP contribution in [0.1, 0.15) is 0 Å². The predicted molar refractivity (Wildman–Crippen MR) is 263 cm³/mol. The first-order valence-corrected chi connectivity index (χ1v) is 21.5. The van der Waals surface area contributed by atoms with Crippen LogP contribution in [-0.4, -0.2) is 23.7 Å². The summed E-state index contributed by atoms with van der Waals surface area (Å²) in [4.78, 5) is 11.1. The lowest BCUT2D eigenvalue weighted by atomic mass is 10.0. The van der Waals surface area contributed by atoms with E-state index in [-0.39, 0.29) is 0 Å². The maximum atomic E-state index is 5.59. The number of hydrogen-bond acceptors (Lipinski definition) is 2. The fraction of sp³-hybridized carbons (Fsp3) is 0. The van der Waals surface area contributed by atoms with Gasteiger partial charge in [0.15, 0.2) is 5.82 Å². The summed E-state index contributed by atoms with van der Waals surface area (Å²) >= 11 is 0. The Morgan fingerprint density at radius 3 is 1.52 bits per heavy atom. The van der Waals surface area contributed by atoms with Gasteiger partial charge in [0.05, 0.1) is 44.1 Å². The van der Waals surface area contributed by atoms with Crippen molar-refractivity contribution >= 4 is 98.0 Å². The van der Waals surface area contributed by atoms with Crippen LogP contribution in [0.5, 0.6) is 0 Å². The first-order chi connectivity index (χ1) is 31.3. The Bertz CT molecular complexity index is 4210. The molecule has 10 aromatic carbocycles. The number of rotatable bonds is 4. The zero-order valence-electron chi connectivity index (χ0n) is 33.9. The quantitative estimate of drug-likeness (QED) is 0.178. The van der Waals surface area contributed by atoms with Gasteiger partial charge in [-0.15, -0.1) is 0 Å². The maximum Gasteiger partial charge on any atom is 0.165 e. The van der Waals surface area contributed by atoms with Crippen LogP contribution in [0.15, 0.2) is 212 Å². The van der Waals surface area contributed by atoms with E-state index in [1.807, 2.05) is 12.1 Å². The number of nitrogens with zero attached hydrogens (tertiary/aromatic N) is 5. The zero-order valence-corrected chi connectivity index (χ0v) is 33.9. The number of hydrogen-bond donors (Lipinski definition) is 0. The van der Waals surface area contributed by atoms with E-state index in [4.69, 9.17) is 9.97 Å². The summed E-state index contributed by atoms with van der Waals surface area (Å²) in [6, 6.07) is 76.6. The molecule has 0 aliphatic rings. The Hall–Kier alpha value is -8.54. The third kappa shape index (κ3) is 4.87. The number of benzene rings is 10. The van der Waals surface area contributed by atoms with Crippen LogP contribution in [-0.2, 0) is 0 Å². The van der Waals surface area contributed by atoms with Gasteiger partial charge in [-0.25, -0.2) is 9.97 Å². The SMILES string of the molecule is c1ccc(-n2c3ccccc3c3ccc(-c4nc5ccccc5nc4-n4c5cc(-n6c7ccccc7c7c8ccccc8ccc76)ccc5c5c6ccccc6ccc54)cc32)cc1. The molecule has 0 aliphatic heterocycles. The summed E-state index contributed by atoms with van der Waals surface area (Å²) in [6.45, 7) is 0. The van der Waals surface area contributed by atoms with Crippen LogP contribution >= 0.6 is 0 Å². The van der Waals surface area contributed by atoms with Crippen molar-refractivity contribution in [1.82, 2.24) is 23.7 Å². The molecule has 0 bridgehead atoms. The second-order valence-corrected chi connectivity index (χ2v) is 16.6. The van der Waals surface area contributed by atoms with Crippen LogP contribution in [0.2, 0.25) is 0 Å². The number of aromatic nitrogens is 5. The molecule has 0 atom stereocenters. The molecule has 0 saturated carbocycles. The monoisotopic (exact) mass is 801 g/mol. The van der Waals surface area contributed by atoms with Crippen molar-refractivity contribution in [2.75, 3.05) is 0 Å². The van der Waals surface area contributed by atoms with Crippen molar-refractivity contribution in [2.45, 2.75) is 0 Å². The second-order valence-electron chi connectivity index (χ2n) is 16.6. The third-order valence-electron chi connectivity index (χ3n) is 13.2. The molecule has 0 aliphatic carbocycles. The van der Waals surface area contributed by atoms with Gasteiger partial charge in [-0.05, 0) is 88.3 Å². The molecule has 4 heterocycles. The molecular weight excluding hydrogens is 767 g/mol. The van der Waals surface area contributed by atoms with E-state index in [1.54, 1.807) is 0 Å². The molecule has 0 radical (unpaired) electrons. The van der Waals surface area contributed by atoms with Crippen molar-refractivity contribution in [3.63, 3.8) is 0 Å². The fourth-order valence-corrected chi connectivity index (χ4v) is 10.5. The highest BCUT2D eigenvalue weighted by molar-refractivity contribution is 6.23. The highest BCUT2D eigenvalue weighted by Gasteiger charge is 2.23. The Morgan fingerprint density at radius 2 is 0.794 bits per heavy atom. The van der Waals surface area contributed by atoms with E-state index < -0.39 is 0 Å². The first kappa shape index (κ1) is 34.2. The minimum atomic E-state index is 0.788. The molecular formula is C58H35N5. The standard InChI is InChI=1S/C58H35N5/c1-2-16-39(17-3-1)61-49-24-12-8-20-43(49)44-30-26-38(34-53(44)61)57-58(60-48-23-11-10-22-47(48)59-57)63-52-33-28-37-15-5-7-19-42(37)56(52)46-31-29-40(35-54(46)63)62-50-25-13-9-21-45(50)55-41-18-6-4-14-36(41)27-32-51(55)62/h1-35H. The van der Waals surface area contributed by atoms with Crippen LogP contribution in [0, 0.1) is 0 Å². The van der Waals surface area contributed by atoms with Crippen molar-refractivity contribution < 1.29 is 0 Å². The van der Waals surface area contributed by atoms with E-state index in [0.29, 0.717) is 0 Å². The number of fused-ring (bicyclic) bond motifs is 14. The highest BCUT2D eigenvalue weighted by atomic mass is 15.1. The van der Waals surface area contributed by atoms with E-state index in [9.17, 15) is 0 Å². The van der Waals surface area contributed by atoms with Gasteiger partial charge < -0.3 is 9.13 Å². The normalized spacial score (nSPS) is 12.1. The van der Waals surface area contributed by atoms with Crippen molar-refractivity contribution in [3.05, 3.63) is 212 Å². The van der Waals surface area contributed by atoms with Crippen LogP contribution in [0.3, 0.4) is 0 Å². The molecule has 0 spiro atoms. The molecule has 4 aromatic heterocycles. The van der Waals surface area contributed by atoms with Gasteiger partial charge in [0.25, 0.3) is 0 Å². The van der Waals surface area contributed by atoms with E-state index in [0.717, 1.165) is 61.4 Å². The molecule has 5 nitrogen and oxygen atoms in total. The lowest BCUT2D eigenvalue weighted by Gasteiger charge is -2.15. The van der Waals surface area contributed by atoms with Gasteiger partial charge >= 0.3 is 0 Å². The Morgan fingerprint density at radius 1 is 0.286 bits per heavy atom. The minimum Gasteiger partial charge on any atom is -0.309 e. The molecule has 0 N–H and O–H groups in total. The van der Waals surface area contributed by atoms with E-state index in [2.05, 4.69) is 214 Å². The molecule has 292 valence electrons. The summed E-state index contributed by atoms with van der Waals surface area (Å²) in [5.74, 6) is 0.788. The largest absolute Gasteiger partial charge is 0.309 e. The molecule has 5 heteroatoms. The lowest BCUT2D eigenvalue weighted by Crippen LogP contribution is -2.04. The fourth-order valence-electron chi connectivity index (χ4n) is 10.5. The zero-order chi connectivity index (χ0) is 41.2. The lowest BCUT2D eigenvalue weighted by molar-refractivity contribution is 1.08. The van der Waals surface area contributed by atoms with Gasteiger partial charge in [0, 0.05) is 49.3 Å². The smallest absolute Gasteiger partial charge is 0.165 e. The summed E-state index contributed by atoms with van der Waals surface area (Å²) in [6.07, 6.45) is 0. The molecule has 14 aromatic rings. The van der Waals surface area contributed by atoms with Crippen molar-refractivity contribution in [1.29, 1.82) is 0 Å². The summed E-state index contributed by atoms with van der Waals surface area (Å²) in [5.41, 5.74) is 12.5. The Balaban J connectivity index is 1.10. The highest BCUT2D eigenvalue weighted by Crippen LogP contribution is 2.43.